The Hall–Kier alpha value is -1.55. The van der Waals surface area contributed by atoms with Crippen LogP contribution in [-0.2, 0) is 6.54 Å². The van der Waals surface area contributed by atoms with E-state index in [9.17, 15) is 4.39 Å². The predicted octanol–water partition coefficient (Wildman–Crippen LogP) is 3.82. The molecule has 5 heteroatoms. The van der Waals surface area contributed by atoms with Gasteiger partial charge < -0.3 is 10.3 Å². The molecule has 0 atom stereocenters. The van der Waals surface area contributed by atoms with E-state index in [0.717, 1.165) is 25.2 Å². The molecule has 0 unspecified atom stereocenters. The van der Waals surface area contributed by atoms with Crippen LogP contribution < -0.4 is 5.73 Å². The van der Waals surface area contributed by atoms with Crippen molar-refractivity contribution in [2.45, 2.75) is 32.2 Å². The Labute approximate surface area is 116 Å². The van der Waals surface area contributed by atoms with Crippen LogP contribution in [0.15, 0.2) is 18.2 Å². The summed E-state index contributed by atoms with van der Waals surface area (Å²) < 4.78 is 15.1. The lowest BCUT2D eigenvalue weighted by Gasteiger charge is -2.06. The summed E-state index contributed by atoms with van der Waals surface area (Å²) in [5.41, 5.74) is 7.52. The lowest BCUT2D eigenvalue weighted by Crippen LogP contribution is -2.04. The maximum atomic E-state index is 13.1. The van der Waals surface area contributed by atoms with Crippen LogP contribution in [0.3, 0.4) is 0 Å². The molecule has 3 rings (SSSR count). The average Bonchev–Trinajstić information content (AvgIpc) is 3.15. The Morgan fingerprint density at radius 2 is 2.21 bits per heavy atom. The Morgan fingerprint density at radius 3 is 2.79 bits per heavy atom. The number of imidazole rings is 1. The van der Waals surface area contributed by atoms with Crippen LogP contribution in [0.25, 0.3) is 11.3 Å². The van der Waals surface area contributed by atoms with E-state index in [1.54, 1.807) is 6.07 Å². The molecule has 0 amide bonds. The summed E-state index contributed by atoms with van der Waals surface area (Å²) in [6.45, 7) is 2.82. The second kappa shape index (κ2) is 4.53. The van der Waals surface area contributed by atoms with Gasteiger partial charge in [0, 0.05) is 18.0 Å². The lowest BCUT2D eigenvalue weighted by atomic mass is 10.1. The van der Waals surface area contributed by atoms with Crippen LogP contribution in [0.1, 0.15) is 31.5 Å². The van der Waals surface area contributed by atoms with Crippen molar-refractivity contribution in [1.29, 1.82) is 0 Å². The maximum Gasteiger partial charge on any atom is 0.131 e. The van der Waals surface area contributed by atoms with Crippen LogP contribution in [0.4, 0.5) is 10.2 Å². The van der Waals surface area contributed by atoms with Crippen molar-refractivity contribution < 1.29 is 4.39 Å². The van der Waals surface area contributed by atoms with E-state index in [4.69, 9.17) is 17.3 Å². The highest BCUT2D eigenvalue weighted by Crippen LogP contribution is 2.43. The average molecular weight is 280 g/mol. The molecule has 1 aliphatic rings. The molecular weight excluding hydrogens is 265 g/mol. The smallest absolute Gasteiger partial charge is 0.131 e. The van der Waals surface area contributed by atoms with E-state index in [1.165, 1.54) is 12.1 Å². The van der Waals surface area contributed by atoms with Crippen molar-refractivity contribution >= 4 is 17.4 Å². The maximum absolute atomic E-state index is 13.1. The van der Waals surface area contributed by atoms with E-state index < -0.39 is 0 Å². The van der Waals surface area contributed by atoms with Crippen molar-refractivity contribution in [3.63, 3.8) is 0 Å². The molecule has 0 spiro atoms. The molecule has 2 N–H and O–H groups in total. The van der Waals surface area contributed by atoms with Gasteiger partial charge in [0.25, 0.3) is 0 Å². The Kier molecular flexibility index (Phi) is 2.97. The highest BCUT2D eigenvalue weighted by Gasteiger charge is 2.30. The highest BCUT2D eigenvalue weighted by molar-refractivity contribution is 6.33. The monoisotopic (exact) mass is 279 g/mol. The van der Waals surface area contributed by atoms with Crippen molar-refractivity contribution in [1.82, 2.24) is 9.55 Å². The second-order valence-electron chi connectivity index (χ2n) is 4.85. The molecule has 0 bridgehead atoms. The first-order valence-corrected chi connectivity index (χ1v) is 6.81. The Bertz CT molecular complexity index is 632. The molecule has 1 heterocycles. The van der Waals surface area contributed by atoms with Crippen molar-refractivity contribution in [3.05, 3.63) is 34.9 Å². The first-order chi connectivity index (χ1) is 9.11. The van der Waals surface area contributed by atoms with Crippen LogP contribution >= 0.6 is 11.6 Å². The molecule has 1 fully saturated rings. The molecule has 0 saturated heterocycles. The van der Waals surface area contributed by atoms with Crippen molar-refractivity contribution in [2.24, 2.45) is 0 Å². The fourth-order valence-electron chi connectivity index (χ4n) is 2.35. The fourth-order valence-corrected chi connectivity index (χ4v) is 2.61. The number of hydrogen-bond acceptors (Lipinski definition) is 2. The second-order valence-corrected chi connectivity index (χ2v) is 5.25. The number of rotatable bonds is 3. The van der Waals surface area contributed by atoms with E-state index >= 15 is 0 Å². The normalized spacial score (nSPS) is 14.9. The molecule has 1 aliphatic carbocycles. The Balaban J connectivity index is 2.14. The largest absolute Gasteiger partial charge is 0.383 e. The summed E-state index contributed by atoms with van der Waals surface area (Å²) in [5, 5.41) is 0.342. The summed E-state index contributed by atoms with van der Waals surface area (Å²) in [5.74, 6) is 1.79. The highest BCUT2D eigenvalue weighted by atomic mass is 35.5. The molecule has 0 radical (unpaired) electrons. The number of halogens is 2. The molecule has 1 aromatic carbocycles. The van der Waals surface area contributed by atoms with Crippen LogP contribution in [-0.4, -0.2) is 9.55 Å². The van der Waals surface area contributed by atoms with Gasteiger partial charge in [-0.1, -0.05) is 11.6 Å². The number of nitrogens with two attached hydrogens (primary N) is 1. The third-order valence-electron chi connectivity index (χ3n) is 3.48. The van der Waals surface area contributed by atoms with Crippen molar-refractivity contribution in [3.8, 4) is 11.3 Å². The number of benzene rings is 1. The molecule has 0 aliphatic heterocycles. The minimum atomic E-state index is -0.357. The quantitative estimate of drug-likeness (QED) is 0.928. The van der Waals surface area contributed by atoms with Gasteiger partial charge in [0.05, 0.1) is 5.02 Å². The predicted molar refractivity (Wildman–Crippen MR) is 74.7 cm³/mol. The molecule has 1 saturated carbocycles. The zero-order valence-corrected chi connectivity index (χ0v) is 11.4. The minimum absolute atomic E-state index is 0.342. The van der Waals surface area contributed by atoms with Gasteiger partial charge in [-0.05, 0) is 38.0 Å². The first kappa shape index (κ1) is 12.5. The summed E-state index contributed by atoms with van der Waals surface area (Å²) in [7, 11) is 0. The van der Waals surface area contributed by atoms with Gasteiger partial charge in [0.2, 0.25) is 0 Å². The third kappa shape index (κ3) is 2.10. The number of nitrogens with zero attached hydrogens (tertiary/aromatic N) is 2. The van der Waals surface area contributed by atoms with Crippen molar-refractivity contribution in [2.75, 3.05) is 5.73 Å². The topological polar surface area (TPSA) is 43.8 Å². The van der Waals surface area contributed by atoms with Crippen LogP contribution in [0.5, 0.6) is 0 Å². The summed E-state index contributed by atoms with van der Waals surface area (Å²) in [4.78, 5) is 4.63. The summed E-state index contributed by atoms with van der Waals surface area (Å²) in [6.07, 6.45) is 2.32. The summed E-state index contributed by atoms with van der Waals surface area (Å²) in [6, 6.07) is 4.30. The fraction of sp³-hybridized carbons (Fsp3) is 0.357. The van der Waals surface area contributed by atoms with E-state index in [0.29, 0.717) is 28.0 Å². The Morgan fingerprint density at radius 1 is 1.47 bits per heavy atom. The standard InChI is InChI=1S/C14H15ClFN3/c1-2-19-13(17)12(18-14(19)8-3-4-8)10-6-5-9(16)7-11(10)15/h5-8H,2-4,17H2,1H3. The SMILES string of the molecule is CCn1c(C2CC2)nc(-c2ccc(F)cc2Cl)c1N. The zero-order valence-electron chi connectivity index (χ0n) is 10.7. The molecule has 100 valence electrons. The van der Waals surface area contributed by atoms with Gasteiger partial charge in [-0.3, -0.25) is 0 Å². The number of hydrogen-bond donors (Lipinski definition) is 1. The van der Waals surface area contributed by atoms with E-state index in [2.05, 4.69) is 4.98 Å². The third-order valence-corrected chi connectivity index (χ3v) is 3.79. The van der Waals surface area contributed by atoms with Gasteiger partial charge in [0.1, 0.15) is 23.2 Å². The van der Waals surface area contributed by atoms with Gasteiger partial charge in [-0.2, -0.15) is 0 Å². The first-order valence-electron chi connectivity index (χ1n) is 6.43. The molecule has 3 nitrogen and oxygen atoms in total. The molecule has 2 aromatic rings. The molecular formula is C14H15ClFN3. The van der Waals surface area contributed by atoms with Crippen LogP contribution in [0.2, 0.25) is 5.02 Å². The zero-order chi connectivity index (χ0) is 13.6. The number of aromatic nitrogens is 2. The molecule has 19 heavy (non-hydrogen) atoms. The minimum Gasteiger partial charge on any atom is -0.383 e. The van der Waals surface area contributed by atoms with Gasteiger partial charge >= 0.3 is 0 Å². The summed E-state index contributed by atoms with van der Waals surface area (Å²) >= 11 is 6.09. The number of anilines is 1. The van der Waals surface area contributed by atoms with Gasteiger partial charge in [-0.15, -0.1) is 0 Å². The number of nitrogen functional groups attached to an aromatic ring is 1. The van der Waals surface area contributed by atoms with Crippen LogP contribution in [0, 0.1) is 5.82 Å². The lowest BCUT2D eigenvalue weighted by molar-refractivity contribution is 0.628. The molecule has 1 aromatic heterocycles. The van der Waals surface area contributed by atoms with E-state index in [1.807, 2.05) is 11.5 Å². The van der Waals surface area contributed by atoms with Gasteiger partial charge in [-0.25, -0.2) is 9.37 Å². The van der Waals surface area contributed by atoms with Gasteiger partial charge in [0.15, 0.2) is 0 Å². The van der Waals surface area contributed by atoms with E-state index in [-0.39, 0.29) is 5.82 Å².